The largest absolute Gasteiger partial charge is 0.298 e. The molecule has 35 heavy (non-hydrogen) atoms. The smallest absolute Gasteiger partial charge is 0.152 e. The van der Waals surface area contributed by atoms with E-state index in [0.29, 0.717) is 5.78 Å². The summed E-state index contributed by atoms with van der Waals surface area (Å²) < 4.78 is 0. The first-order chi connectivity index (χ1) is 16.7. The van der Waals surface area contributed by atoms with Crippen LogP contribution in [0.5, 0.6) is 0 Å². The fourth-order valence-electron chi connectivity index (χ4n) is 6.24. The molecule has 176 valence electrons. The molecule has 4 aromatic rings. The molecule has 0 saturated heterocycles. The van der Waals surface area contributed by atoms with Crippen LogP contribution < -0.4 is 15.9 Å². The molecule has 0 spiro atoms. The summed E-state index contributed by atoms with van der Waals surface area (Å²) >= 11 is 0. The molecule has 5 rings (SSSR count). The second kappa shape index (κ2) is 8.58. The van der Waals surface area contributed by atoms with E-state index in [1.165, 1.54) is 32.6 Å². The van der Waals surface area contributed by atoms with Gasteiger partial charge in [-0.15, -0.1) is 0 Å². The second-order valence-corrected chi connectivity index (χ2v) is 14.6. The number of fused-ring (bicyclic) bond motifs is 1. The van der Waals surface area contributed by atoms with E-state index >= 15 is 0 Å². The van der Waals surface area contributed by atoms with Crippen molar-refractivity contribution in [3.8, 4) is 0 Å². The third-order valence-electron chi connectivity index (χ3n) is 8.08. The van der Waals surface area contributed by atoms with Gasteiger partial charge in [-0.05, 0) is 87.7 Å². The molecule has 1 unspecified atom stereocenters. The third-order valence-corrected chi connectivity index (χ3v) is 12.9. The Balaban J connectivity index is 1.80. The second-order valence-electron chi connectivity index (χ2n) is 10.8. The van der Waals surface area contributed by atoms with Gasteiger partial charge >= 0.3 is 0 Å². The van der Waals surface area contributed by atoms with Crippen LogP contribution >= 0.6 is 7.26 Å². The highest BCUT2D eigenvalue weighted by molar-refractivity contribution is 7.95. The molecule has 1 nitrogen and oxygen atoms in total. The van der Waals surface area contributed by atoms with Crippen LogP contribution in [0.25, 0.3) is 0 Å². The van der Waals surface area contributed by atoms with Crippen LogP contribution in [-0.2, 0) is 15.6 Å². The summed E-state index contributed by atoms with van der Waals surface area (Å²) in [5, 5.41) is 4.13. The van der Waals surface area contributed by atoms with Gasteiger partial charge in [0.05, 0.1) is 0 Å². The molecule has 2 heteroatoms. The van der Waals surface area contributed by atoms with Crippen LogP contribution in [-0.4, -0.2) is 5.78 Å². The number of Topliss-reactive ketones (excluding diaryl/α,β-unsaturated/α-hetero) is 1. The predicted molar refractivity (Wildman–Crippen MR) is 151 cm³/mol. The Morgan fingerprint density at radius 2 is 0.971 bits per heavy atom. The Labute approximate surface area is 210 Å². The Kier molecular flexibility index (Phi) is 5.81. The molecule has 0 bridgehead atoms. The summed E-state index contributed by atoms with van der Waals surface area (Å²) in [5.74, 6) is 0.306. The third kappa shape index (κ3) is 3.52. The number of rotatable bonds is 5. The lowest BCUT2D eigenvalue weighted by Crippen LogP contribution is -2.34. The van der Waals surface area contributed by atoms with Gasteiger partial charge in [-0.1, -0.05) is 72.8 Å². The highest BCUT2D eigenvalue weighted by Crippen LogP contribution is 2.66. The van der Waals surface area contributed by atoms with Crippen LogP contribution in [0.15, 0.2) is 109 Å². The summed E-state index contributed by atoms with van der Waals surface area (Å²) in [6, 6.07) is 39.9. The Morgan fingerprint density at radius 3 is 1.40 bits per heavy atom. The lowest BCUT2D eigenvalue weighted by atomic mass is 9.80. The molecule has 0 amide bonds. The molecule has 0 heterocycles. The van der Waals surface area contributed by atoms with Crippen molar-refractivity contribution in [1.29, 1.82) is 0 Å². The number of carbonyl (C=O) groups is 1. The summed E-state index contributed by atoms with van der Waals surface area (Å²) in [4.78, 5) is 13.4. The topological polar surface area (TPSA) is 17.1 Å². The maximum atomic E-state index is 13.4. The van der Waals surface area contributed by atoms with Gasteiger partial charge in [0.1, 0.15) is 28.8 Å². The number of hydrogen-bond acceptors (Lipinski definition) is 1. The van der Waals surface area contributed by atoms with Gasteiger partial charge < -0.3 is 0 Å². The molecule has 1 aliphatic rings. The molecule has 0 fully saturated rings. The molecular weight excluding hydrogens is 443 g/mol. The molecule has 0 saturated carbocycles. The Morgan fingerprint density at radius 1 is 0.571 bits per heavy atom. The van der Waals surface area contributed by atoms with E-state index in [4.69, 9.17) is 0 Å². The molecule has 0 radical (unpaired) electrons. The van der Waals surface area contributed by atoms with Crippen molar-refractivity contribution in [2.24, 2.45) is 0 Å². The zero-order valence-corrected chi connectivity index (χ0v) is 22.2. The summed E-state index contributed by atoms with van der Waals surface area (Å²) in [6.45, 7) is 10.7. The Hall–Kier alpha value is -3.02. The average molecular weight is 478 g/mol. The fraction of sp³-hybridized carbons (Fsp3) is 0.242. The predicted octanol–water partition coefficient (Wildman–Crippen LogP) is 6.88. The van der Waals surface area contributed by atoms with Crippen molar-refractivity contribution in [2.45, 2.75) is 51.1 Å². The van der Waals surface area contributed by atoms with E-state index in [1.54, 1.807) is 0 Å². The SMILES string of the molecule is CC(c1ccc2c(c1)C(C)(C)C(=O)C2(C)C)[P+](c1ccccc1)(c1ccccc1)c1ccccc1. The maximum absolute atomic E-state index is 13.4. The monoisotopic (exact) mass is 477 g/mol. The molecule has 1 aliphatic carbocycles. The van der Waals surface area contributed by atoms with Gasteiger partial charge in [0.2, 0.25) is 0 Å². The first-order valence-corrected chi connectivity index (χ1v) is 14.3. The quantitative estimate of drug-likeness (QED) is 0.286. The van der Waals surface area contributed by atoms with Gasteiger partial charge in [0.25, 0.3) is 0 Å². The van der Waals surface area contributed by atoms with Crippen LogP contribution in [0.4, 0.5) is 0 Å². The van der Waals surface area contributed by atoms with Gasteiger partial charge in [-0.2, -0.15) is 0 Å². The van der Waals surface area contributed by atoms with E-state index in [0.717, 1.165) is 0 Å². The fourth-order valence-corrected chi connectivity index (χ4v) is 11.0. The summed E-state index contributed by atoms with van der Waals surface area (Å²) in [6.07, 6.45) is 0. The lowest BCUT2D eigenvalue weighted by molar-refractivity contribution is -0.126. The number of benzene rings is 4. The first-order valence-electron chi connectivity index (χ1n) is 12.5. The van der Waals surface area contributed by atoms with E-state index in [-0.39, 0.29) is 5.66 Å². The molecule has 0 N–H and O–H groups in total. The minimum Gasteiger partial charge on any atom is -0.298 e. The van der Waals surface area contributed by atoms with Gasteiger partial charge in [-0.3, -0.25) is 4.79 Å². The number of ketones is 1. The van der Waals surface area contributed by atoms with E-state index in [1.807, 2.05) is 0 Å². The van der Waals surface area contributed by atoms with E-state index in [2.05, 4.69) is 144 Å². The van der Waals surface area contributed by atoms with E-state index in [9.17, 15) is 4.79 Å². The summed E-state index contributed by atoms with van der Waals surface area (Å²) in [7, 11) is -2.07. The van der Waals surface area contributed by atoms with Crippen LogP contribution in [0, 0.1) is 0 Å². The first kappa shape index (κ1) is 23.7. The van der Waals surface area contributed by atoms with Crippen molar-refractivity contribution in [3.05, 3.63) is 126 Å². The van der Waals surface area contributed by atoms with Gasteiger partial charge in [0.15, 0.2) is 5.78 Å². The summed E-state index contributed by atoms with van der Waals surface area (Å²) in [5.41, 5.74) is 2.95. The number of hydrogen-bond donors (Lipinski definition) is 0. The zero-order valence-electron chi connectivity index (χ0n) is 21.3. The molecule has 0 aliphatic heterocycles. The van der Waals surface area contributed by atoms with Gasteiger partial charge in [0, 0.05) is 10.8 Å². The van der Waals surface area contributed by atoms with Gasteiger partial charge in [-0.25, -0.2) is 0 Å². The standard InChI is InChI=1S/C33H34OP/c1-24(25-21-22-29-30(23-25)33(4,5)31(34)32(29,2)3)35(26-15-9-6-10-16-26,27-17-11-7-12-18-27)28-19-13-8-14-20-28/h6-24H,1-5H3/q+1. The zero-order chi connectivity index (χ0) is 24.8. The molecule has 1 atom stereocenters. The number of carbonyl (C=O) groups excluding carboxylic acids is 1. The highest BCUT2D eigenvalue weighted by atomic mass is 31.2. The van der Waals surface area contributed by atoms with Crippen molar-refractivity contribution in [1.82, 2.24) is 0 Å². The normalized spacial score (nSPS) is 17.1. The van der Waals surface area contributed by atoms with Crippen molar-refractivity contribution in [3.63, 3.8) is 0 Å². The molecular formula is C33H34OP+. The van der Waals surface area contributed by atoms with Crippen molar-refractivity contribution in [2.75, 3.05) is 0 Å². The maximum Gasteiger partial charge on any atom is 0.152 e. The highest BCUT2D eigenvalue weighted by Gasteiger charge is 2.53. The van der Waals surface area contributed by atoms with Crippen molar-refractivity contribution >= 4 is 29.0 Å². The molecule has 0 aromatic heterocycles. The van der Waals surface area contributed by atoms with Crippen LogP contribution in [0.1, 0.15) is 57.0 Å². The minimum atomic E-state index is -2.07. The van der Waals surface area contributed by atoms with Crippen LogP contribution in [0.2, 0.25) is 0 Å². The van der Waals surface area contributed by atoms with Crippen LogP contribution in [0.3, 0.4) is 0 Å². The van der Waals surface area contributed by atoms with Crippen molar-refractivity contribution < 1.29 is 4.79 Å². The average Bonchev–Trinajstić information content (AvgIpc) is 3.03. The molecule has 4 aromatic carbocycles. The minimum absolute atomic E-state index is 0.231. The lowest BCUT2D eigenvalue weighted by Gasteiger charge is -2.33. The Bertz CT molecular complexity index is 1260. The van der Waals surface area contributed by atoms with E-state index < -0.39 is 18.1 Å².